The van der Waals surface area contributed by atoms with Crippen LogP contribution < -0.4 is 5.32 Å². The molecule has 0 saturated heterocycles. The Bertz CT molecular complexity index is 599. The van der Waals surface area contributed by atoms with Gasteiger partial charge in [0.2, 0.25) is 0 Å². The molecule has 0 radical (unpaired) electrons. The van der Waals surface area contributed by atoms with Gasteiger partial charge < -0.3 is 5.32 Å². The lowest BCUT2D eigenvalue weighted by Gasteiger charge is -2.14. The highest BCUT2D eigenvalue weighted by Gasteiger charge is 2.08. The molecule has 1 unspecified atom stereocenters. The average Bonchev–Trinajstić information content (AvgIpc) is 2.46. The van der Waals surface area contributed by atoms with Crippen molar-refractivity contribution in [2.24, 2.45) is 0 Å². The summed E-state index contributed by atoms with van der Waals surface area (Å²) in [7, 11) is 0. The lowest BCUT2D eigenvalue weighted by atomic mass is 10.1. The number of benzene rings is 2. The first kappa shape index (κ1) is 14.5. The number of hydrogen-bond donors (Lipinski definition) is 1. The van der Waals surface area contributed by atoms with Gasteiger partial charge in [0.25, 0.3) is 5.69 Å². The van der Waals surface area contributed by atoms with Crippen LogP contribution in [-0.4, -0.2) is 4.92 Å². The smallest absolute Gasteiger partial charge is 0.269 e. The molecule has 20 heavy (non-hydrogen) atoms. The molecule has 0 aromatic heterocycles. The minimum absolute atomic E-state index is 0.114. The Kier molecular flexibility index (Phi) is 4.71. The summed E-state index contributed by atoms with van der Waals surface area (Å²) in [6.45, 7) is 2.62. The lowest BCUT2D eigenvalue weighted by Crippen LogP contribution is -2.18. The van der Waals surface area contributed by atoms with Gasteiger partial charge >= 0.3 is 0 Å². The summed E-state index contributed by atoms with van der Waals surface area (Å²) in [6.07, 6.45) is 0. The van der Waals surface area contributed by atoms with Gasteiger partial charge in [-0.15, -0.1) is 0 Å². The van der Waals surface area contributed by atoms with Crippen molar-refractivity contribution in [2.75, 3.05) is 0 Å². The fourth-order valence-corrected chi connectivity index (χ4v) is 2.05. The third-order valence-electron chi connectivity index (χ3n) is 3.10. The molecular weight excluding hydrogens is 276 g/mol. The number of nitro groups is 1. The molecule has 2 aromatic rings. The Labute approximate surface area is 122 Å². The zero-order valence-electron chi connectivity index (χ0n) is 11.0. The van der Waals surface area contributed by atoms with E-state index < -0.39 is 0 Å². The van der Waals surface area contributed by atoms with Crippen molar-refractivity contribution in [3.05, 3.63) is 74.8 Å². The van der Waals surface area contributed by atoms with Crippen LogP contribution >= 0.6 is 11.6 Å². The predicted octanol–water partition coefficient (Wildman–Crippen LogP) is 4.10. The molecule has 0 bridgehead atoms. The maximum absolute atomic E-state index is 10.7. The summed E-state index contributed by atoms with van der Waals surface area (Å²) in [5.41, 5.74) is 2.13. The van der Waals surface area contributed by atoms with E-state index in [4.69, 9.17) is 11.6 Å². The van der Waals surface area contributed by atoms with Crippen LogP contribution in [0.15, 0.2) is 48.5 Å². The molecule has 0 fully saturated rings. The van der Waals surface area contributed by atoms with Crippen molar-refractivity contribution in [2.45, 2.75) is 19.5 Å². The van der Waals surface area contributed by atoms with Gasteiger partial charge in [-0.3, -0.25) is 10.1 Å². The molecule has 0 saturated carbocycles. The minimum atomic E-state index is -0.383. The number of rotatable bonds is 5. The van der Waals surface area contributed by atoms with Crippen molar-refractivity contribution in [1.29, 1.82) is 0 Å². The number of non-ortho nitro benzene ring substituents is 1. The van der Waals surface area contributed by atoms with E-state index in [1.54, 1.807) is 12.1 Å². The molecule has 0 amide bonds. The normalized spacial score (nSPS) is 12.1. The standard InChI is InChI=1S/C15H15ClN2O2/c1-11(13-5-7-14(16)8-6-13)17-10-12-3-2-4-15(9-12)18(19)20/h2-9,11,17H,10H2,1H3. The summed E-state index contributed by atoms with van der Waals surface area (Å²) in [6, 6.07) is 14.4. The minimum Gasteiger partial charge on any atom is -0.306 e. The molecule has 1 atom stereocenters. The highest BCUT2D eigenvalue weighted by Crippen LogP contribution is 2.17. The second-order valence-electron chi connectivity index (χ2n) is 4.58. The fraction of sp³-hybridized carbons (Fsp3) is 0.200. The highest BCUT2D eigenvalue weighted by molar-refractivity contribution is 6.30. The topological polar surface area (TPSA) is 55.2 Å². The van der Waals surface area contributed by atoms with Crippen molar-refractivity contribution in [3.63, 3.8) is 0 Å². The van der Waals surface area contributed by atoms with Crippen LogP contribution in [0.3, 0.4) is 0 Å². The second-order valence-corrected chi connectivity index (χ2v) is 5.02. The number of nitrogens with one attached hydrogen (secondary N) is 1. The number of halogens is 1. The summed E-state index contributed by atoms with van der Waals surface area (Å²) < 4.78 is 0. The zero-order chi connectivity index (χ0) is 14.5. The van der Waals surface area contributed by atoms with Crippen molar-refractivity contribution >= 4 is 17.3 Å². The van der Waals surface area contributed by atoms with Crippen LogP contribution in [-0.2, 0) is 6.54 Å². The molecule has 5 heteroatoms. The highest BCUT2D eigenvalue weighted by atomic mass is 35.5. The van der Waals surface area contributed by atoms with Gasteiger partial charge in [-0.1, -0.05) is 35.9 Å². The molecule has 104 valence electrons. The van der Waals surface area contributed by atoms with Gasteiger partial charge in [0.15, 0.2) is 0 Å². The van der Waals surface area contributed by atoms with E-state index in [1.165, 1.54) is 6.07 Å². The summed E-state index contributed by atoms with van der Waals surface area (Å²) >= 11 is 5.85. The summed E-state index contributed by atoms with van der Waals surface area (Å²) in [4.78, 5) is 10.3. The van der Waals surface area contributed by atoms with Gasteiger partial charge in [-0.25, -0.2) is 0 Å². The molecule has 0 aliphatic carbocycles. The number of hydrogen-bond acceptors (Lipinski definition) is 3. The Morgan fingerprint density at radius 1 is 1.25 bits per heavy atom. The van der Waals surface area contributed by atoms with Gasteiger partial charge in [0.1, 0.15) is 0 Å². The number of nitrogens with zero attached hydrogens (tertiary/aromatic N) is 1. The largest absolute Gasteiger partial charge is 0.306 e. The van der Waals surface area contributed by atoms with Gasteiger partial charge in [0.05, 0.1) is 4.92 Å². The summed E-state index contributed by atoms with van der Waals surface area (Å²) in [5.74, 6) is 0. The maximum Gasteiger partial charge on any atom is 0.269 e. The van der Waals surface area contributed by atoms with Crippen LogP contribution in [0.1, 0.15) is 24.1 Å². The molecule has 0 spiro atoms. The lowest BCUT2D eigenvalue weighted by molar-refractivity contribution is -0.384. The van der Waals surface area contributed by atoms with Gasteiger partial charge in [-0.2, -0.15) is 0 Å². The molecule has 0 aliphatic heterocycles. The SMILES string of the molecule is CC(NCc1cccc([N+](=O)[O-])c1)c1ccc(Cl)cc1. The van der Waals surface area contributed by atoms with E-state index in [-0.39, 0.29) is 16.7 Å². The van der Waals surface area contributed by atoms with Gasteiger partial charge in [0, 0.05) is 29.7 Å². The Hall–Kier alpha value is -1.91. The van der Waals surface area contributed by atoms with E-state index in [0.717, 1.165) is 11.1 Å². The fourth-order valence-electron chi connectivity index (χ4n) is 1.92. The van der Waals surface area contributed by atoms with Gasteiger partial charge in [-0.05, 0) is 30.2 Å². The van der Waals surface area contributed by atoms with E-state index in [0.29, 0.717) is 11.6 Å². The number of nitro benzene ring substituents is 1. The maximum atomic E-state index is 10.7. The van der Waals surface area contributed by atoms with Crippen LogP contribution in [0.4, 0.5) is 5.69 Å². The van der Waals surface area contributed by atoms with E-state index in [2.05, 4.69) is 5.32 Å². The summed E-state index contributed by atoms with van der Waals surface area (Å²) in [5, 5.41) is 14.8. The first-order chi connectivity index (χ1) is 9.56. The van der Waals surface area contributed by atoms with E-state index >= 15 is 0 Å². The first-order valence-corrected chi connectivity index (χ1v) is 6.66. The van der Waals surface area contributed by atoms with Crippen LogP contribution in [0.2, 0.25) is 5.02 Å². The Balaban J connectivity index is 1.99. The molecular formula is C15H15ClN2O2. The monoisotopic (exact) mass is 290 g/mol. The van der Waals surface area contributed by atoms with E-state index in [9.17, 15) is 10.1 Å². The Morgan fingerprint density at radius 2 is 1.95 bits per heavy atom. The third kappa shape index (κ3) is 3.79. The van der Waals surface area contributed by atoms with Crippen LogP contribution in [0.5, 0.6) is 0 Å². The first-order valence-electron chi connectivity index (χ1n) is 6.28. The molecule has 0 heterocycles. The van der Waals surface area contributed by atoms with Crippen molar-refractivity contribution in [1.82, 2.24) is 5.32 Å². The van der Waals surface area contributed by atoms with E-state index in [1.807, 2.05) is 37.3 Å². The molecule has 2 rings (SSSR count). The molecule has 2 aromatic carbocycles. The molecule has 1 N–H and O–H groups in total. The van der Waals surface area contributed by atoms with Crippen LogP contribution in [0.25, 0.3) is 0 Å². The zero-order valence-corrected chi connectivity index (χ0v) is 11.8. The van der Waals surface area contributed by atoms with Crippen LogP contribution in [0, 0.1) is 10.1 Å². The quantitative estimate of drug-likeness (QED) is 0.666. The van der Waals surface area contributed by atoms with Crippen molar-refractivity contribution in [3.8, 4) is 0 Å². The molecule has 0 aliphatic rings. The average molecular weight is 291 g/mol. The molecule has 4 nitrogen and oxygen atoms in total. The third-order valence-corrected chi connectivity index (χ3v) is 3.36. The Morgan fingerprint density at radius 3 is 2.60 bits per heavy atom. The van der Waals surface area contributed by atoms with Crippen molar-refractivity contribution < 1.29 is 4.92 Å². The second kappa shape index (κ2) is 6.50. The predicted molar refractivity (Wildman–Crippen MR) is 79.8 cm³/mol.